The first-order valence-corrected chi connectivity index (χ1v) is 6.57. The molecule has 0 saturated carbocycles. The van der Waals surface area contributed by atoms with Crippen molar-refractivity contribution in [2.24, 2.45) is 0 Å². The van der Waals surface area contributed by atoms with Crippen LogP contribution in [0.2, 0.25) is 0 Å². The lowest BCUT2D eigenvalue weighted by atomic mass is 10.1. The lowest BCUT2D eigenvalue weighted by Gasteiger charge is -2.13. The van der Waals surface area contributed by atoms with Crippen LogP contribution in [-0.2, 0) is 13.1 Å². The minimum Gasteiger partial charge on any atom is -0.354 e. The molecule has 0 amide bonds. The second kappa shape index (κ2) is 6.36. The Hall–Kier alpha value is -1.61. The van der Waals surface area contributed by atoms with E-state index in [1.807, 2.05) is 12.4 Å². The number of hydrogen-bond acceptors (Lipinski definition) is 2. The first-order valence-electron chi connectivity index (χ1n) is 6.57. The van der Waals surface area contributed by atoms with Gasteiger partial charge in [-0.25, -0.2) is 0 Å². The predicted molar refractivity (Wildman–Crippen MR) is 74.2 cm³/mol. The fraction of sp³-hybridized carbons (Fsp3) is 0.400. The van der Waals surface area contributed by atoms with Gasteiger partial charge in [0.25, 0.3) is 0 Å². The molecule has 0 radical (unpaired) electrons. The van der Waals surface area contributed by atoms with Crippen molar-refractivity contribution in [1.82, 2.24) is 14.9 Å². The maximum absolute atomic E-state index is 4.04. The lowest BCUT2D eigenvalue weighted by Crippen LogP contribution is -2.17. The second-order valence-corrected chi connectivity index (χ2v) is 4.64. The molecule has 1 N–H and O–H groups in total. The molecule has 18 heavy (non-hydrogen) atoms. The van der Waals surface area contributed by atoms with Crippen LogP contribution in [0.4, 0.5) is 0 Å². The second-order valence-electron chi connectivity index (χ2n) is 4.64. The van der Waals surface area contributed by atoms with Gasteiger partial charge in [-0.1, -0.05) is 6.92 Å². The summed E-state index contributed by atoms with van der Waals surface area (Å²) >= 11 is 0. The number of pyridine rings is 1. The van der Waals surface area contributed by atoms with Gasteiger partial charge in [-0.2, -0.15) is 0 Å². The molecule has 3 heteroatoms. The van der Waals surface area contributed by atoms with Crippen molar-refractivity contribution < 1.29 is 0 Å². The van der Waals surface area contributed by atoms with Gasteiger partial charge in [0, 0.05) is 43.9 Å². The minimum absolute atomic E-state index is 0.350. The summed E-state index contributed by atoms with van der Waals surface area (Å²) in [5.74, 6) is 0. The van der Waals surface area contributed by atoms with Crippen LogP contribution in [0.5, 0.6) is 0 Å². The molecule has 0 aromatic carbocycles. The van der Waals surface area contributed by atoms with Crippen LogP contribution >= 0.6 is 0 Å². The molecule has 1 atom stereocenters. The summed E-state index contributed by atoms with van der Waals surface area (Å²) in [6.45, 7) is 6.38. The van der Waals surface area contributed by atoms with Crippen molar-refractivity contribution in [3.63, 3.8) is 0 Å². The van der Waals surface area contributed by atoms with E-state index < -0.39 is 0 Å². The van der Waals surface area contributed by atoms with Crippen LogP contribution in [0, 0.1) is 0 Å². The Morgan fingerprint density at radius 3 is 2.78 bits per heavy atom. The molecule has 0 fully saturated rings. The average Bonchev–Trinajstić information content (AvgIpc) is 2.85. The molecule has 2 heterocycles. The van der Waals surface area contributed by atoms with E-state index in [0.717, 1.165) is 13.1 Å². The van der Waals surface area contributed by atoms with Gasteiger partial charge in [0.1, 0.15) is 0 Å². The maximum atomic E-state index is 4.04. The van der Waals surface area contributed by atoms with Crippen LogP contribution < -0.4 is 5.32 Å². The number of nitrogens with zero attached hydrogens (tertiary/aromatic N) is 2. The zero-order valence-corrected chi connectivity index (χ0v) is 11.1. The quantitative estimate of drug-likeness (QED) is 0.844. The standard InChI is InChI=1S/C15H21N3/c1-3-9-18-10-6-14(12-18)11-17-13(2)15-4-7-16-8-5-15/h4-8,10,12-13,17H,3,9,11H2,1-2H3. The zero-order valence-electron chi connectivity index (χ0n) is 11.1. The van der Waals surface area contributed by atoms with Crippen LogP contribution in [0.25, 0.3) is 0 Å². The number of rotatable bonds is 6. The van der Waals surface area contributed by atoms with E-state index >= 15 is 0 Å². The lowest BCUT2D eigenvalue weighted by molar-refractivity contribution is 0.572. The minimum atomic E-state index is 0.350. The molecule has 0 spiro atoms. The van der Waals surface area contributed by atoms with Crippen molar-refractivity contribution in [2.45, 2.75) is 39.4 Å². The van der Waals surface area contributed by atoms with Gasteiger partial charge < -0.3 is 9.88 Å². The molecule has 0 bridgehead atoms. The molecule has 0 saturated heterocycles. The summed E-state index contributed by atoms with van der Waals surface area (Å²) in [6.07, 6.45) is 9.22. The predicted octanol–water partition coefficient (Wildman–Crippen LogP) is 3.14. The van der Waals surface area contributed by atoms with Gasteiger partial charge in [-0.05, 0) is 42.7 Å². The molecular formula is C15H21N3. The Balaban J connectivity index is 1.87. The monoisotopic (exact) mass is 243 g/mol. The Labute approximate surface area is 109 Å². The molecule has 2 aromatic rings. The van der Waals surface area contributed by atoms with Crippen LogP contribution in [-0.4, -0.2) is 9.55 Å². The van der Waals surface area contributed by atoms with Crippen molar-refractivity contribution in [3.8, 4) is 0 Å². The third kappa shape index (κ3) is 3.44. The molecule has 2 rings (SSSR count). The molecule has 0 aliphatic rings. The highest BCUT2D eigenvalue weighted by Gasteiger charge is 2.04. The van der Waals surface area contributed by atoms with Crippen molar-refractivity contribution in [2.75, 3.05) is 0 Å². The smallest absolute Gasteiger partial charge is 0.0296 e. The van der Waals surface area contributed by atoms with Crippen LogP contribution in [0.1, 0.15) is 37.4 Å². The highest BCUT2D eigenvalue weighted by Crippen LogP contribution is 2.11. The van der Waals surface area contributed by atoms with E-state index in [9.17, 15) is 0 Å². The fourth-order valence-corrected chi connectivity index (χ4v) is 2.03. The highest BCUT2D eigenvalue weighted by molar-refractivity contribution is 5.15. The Morgan fingerprint density at radius 1 is 1.28 bits per heavy atom. The molecule has 2 aromatic heterocycles. The summed E-state index contributed by atoms with van der Waals surface area (Å²) in [5.41, 5.74) is 2.61. The third-order valence-electron chi connectivity index (χ3n) is 3.11. The normalized spacial score (nSPS) is 12.6. The van der Waals surface area contributed by atoms with Gasteiger partial charge in [0.2, 0.25) is 0 Å². The van der Waals surface area contributed by atoms with Gasteiger partial charge in [-0.3, -0.25) is 4.98 Å². The SMILES string of the molecule is CCCn1ccc(CNC(C)c2ccncc2)c1. The highest BCUT2D eigenvalue weighted by atomic mass is 14.9. The number of hydrogen-bond donors (Lipinski definition) is 1. The summed E-state index contributed by atoms with van der Waals surface area (Å²) in [6, 6.07) is 6.64. The van der Waals surface area contributed by atoms with E-state index in [1.54, 1.807) is 0 Å². The van der Waals surface area contributed by atoms with Crippen molar-refractivity contribution >= 4 is 0 Å². The molecule has 0 aliphatic carbocycles. The largest absolute Gasteiger partial charge is 0.354 e. The molecule has 0 aliphatic heterocycles. The fourth-order valence-electron chi connectivity index (χ4n) is 2.03. The van der Waals surface area contributed by atoms with Crippen molar-refractivity contribution in [1.29, 1.82) is 0 Å². The van der Waals surface area contributed by atoms with E-state index in [2.05, 4.69) is 59.3 Å². The Bertz CT molecular complexity index is 462. The van der Waals surface area contributed by atoms with Gasteiger partial charge in [0.15, 0.2) is 0 Å². The van der Waals surface area contributed by atoms with Gasteiger partial charge >= 0.3 is 0 Å². The number of aromatic nitrogens is 2. The molecular weight excluding hydrogens is 222 g/mol. The van der Waals surface area contributed by atoms with Crippen molar-refractivity contribution in [3.05, 3.63) is 54.1 Å². The van der Waals surface area contributed by atoms with Crippen LogP contribution in [0.15, 0.2) is 43.0 Å². The van der Waals surface area contributed by atoms with Gasteiger partial charge in [-0.15, -0.1) is 0 Å². The van der Waals surface area contributed by atoms with E-state index in [4.69, 9.17) is 0 Å². The first-order chi connectivity index (χ1) is 8.79. The molecule has 96 valence electrons. The maximum Gasteiger partial charge on any atom is 0.0296 e. The molecule has 3 nitrogen and oxygen atoms in total. The summed E-state index contributed by atoms with van der Waals surface area (Å²) in [5, 5.41) is 3.53. The van der Waals surface area contributed by atoms with E-state index in [1.165, 1.54) is 17.5 Å². The topological polar surface area (TPSA) is 29.9 Å². The molecule has 1 unspecified atom stereocenters. The zero-order chi connectivity index (χ0) is 12.8. The Morgan fingerprint density at radius 2 is 2.06 bits per heavy atom. The third-order valence-corrected chi connectivity index (χ3v) is 3.11. The van der Waals surface area contributed by atoms with Crippen LogP contribution in [0.3, 0.4) is 0 Å². The van der Waals surface area contributed by atoms with E-state index in [-0.39, 0.29) is 0 Å². The summed E-state index contributed by atoms with van der Waals surface area (Å²) in [7, 11) is 0. The van der Waals surface area contributed by atoms with E-state index in [0.29, 0.717) is 6.04 Å². The average molecular weight is 243 g/mol. The summed E-state index contributed by atoms with van der Waals surface area (Å²) < 4.78 is 2.24. The summed E-state index contributed by atoms with van der Waals surface area (Å²) in [4.78, 5) is 4.04. The first kappa shape index (κ1) is 12.8. The van der Waals surface area contributed by atoms with Gasteiger partial charge in [0.05, 0.1) is 0 Å². The Kier molecular flexibility index (Phi) is 4.53. The number of nitrogens with one attached hydrogen (secondary N) is 1. The number of aryl methyl sites for hydroxylation is 1.